The molecule has 0 radical (unpaired) electrons. The Hall–Kier alpha value is -2.28. The van der Waals surface area contributed by atoms with Crippen LogP contribution in [-0.4, -0.2) is 27.1 Å². The highest BCUT2D eigenvalue weighted by molar-refractivity contribution is 7.80. The van der Waals surface area contributed by atoms with E-state index in [1.807, 2.05) is 6.07 Å². The lowest BCUT2D eigenvalue weighted by atomic mass is 9.89. The maximum Gasteiger partial charge on any atom is 0.301 e. The van der Waals surface area contributed by atoms with Crippen molar-refractivity contribution in [1.29, 1.82) is 0 Å². The first-order valence-corrected chi connectivity index (χ1v) is 8.91. The van der Waals surface area contributed by atoms with Crippen LogP contribution in [0, 0.1) is 5.92 Å². The first-order valence-electron chi connectivity index (χ1n) is 8.46. The fourth-order valence-electron chi connectivity index (χ4n) is 3.18. The minimum Gasteiger partial charge on any atom is -0.501 e. The quantitative estimate of drug-likeness (QED) is 0.579. The molecule has 3 rings (SSSR count). The molecule has 1 aliphatic rings. The highest BCUT2D eigenvalue weighted by Gasteiger charge is 2.22. The van der Waals surface area contributed by atoms with Gasteiger partial charge in [-0.2, -0.15) is 0 Å². The molecule has 1 heterocycles. The topological polar surface area (TPSA) is 84.2 Å². The van der Waals surface area contributed by atoms with Crippen LogP contribution in [0.2, 0.25) is 0 Å². The Labute approximate surface area is 151 Å². The first kappa shape index (κ1) is 17.5. The van der Waals surface area contributed by atoms with E-state index in [4.69, 9.17) is 0 Å². The van der Waals surface area contributed by atoms with Gasteiger partial charge in [-0.1, -0.05) is 37.5 Å². The van der Waals surface area contributed by atoms with Crippen molar-refractivity contribution in [2.24, 2.45) is 5.92 Å². The van der Waals surface area contributed by atoms with Crippen LogP contribution in [0.5, 0.6) is 5.75 Å². The smallest absolute Gasteiger partial charge is 0.301 e. The van der Waals surface area contributed by atoms with Crippen molar-refractivity contribution in [2.75, 3.05) is 6.54 Å². The van der Waals surface area contributed by atoms with Crippen molar-refractivity contribution in [3.05, 3.63) is 46.4 Å². The number of para-hydroxylation sites is 1. The average molecular weight is 359 g/mol. The third-order valence-electron chi connectivity index (χ3n) is 4.55. The zero-order valence-electron chi connectivity index (χ0n) is 13.8. The van der Waals surface area contributed by atoms with Gasteiger partial charge < -0.3 is 10.4 Å². The summed E-state index contributed by atoms with van der Waals surface area (Å²) in [5.74, 6) is -0.765. The van der Waals surface area contributed by atoms with Gasteiger partial charge in [0.25, 0.3) is 5.91 Å². The molecule has 25 heavy (non-hydrogen) atoms. The molecule has 0 bridgehead atoms. The zero-order valence-corrected chi connectivity index (χ0v) is 14.7. The maximum atomic E-state index is 12.5. The summed E-state index contributed by atoms with van der Waals surface area (Å²) in [5, 5.41) is 13.0. The number of carbonyl (C=O) groups excluding carboxylic acids is 1. The third kappa shape index (κ3) is 3.87. The van der Waals surface area contributed by atoms with Gasteiger partial charge in [-0.15, -0.1) is 12.6 Å². The number of thiol groups is 1. The minimum absolute atomic E-state index is 0.0526. The predicted octanol–water partition coefficient (Wildman–Crippen LogP) is 2.54. The van der Waals surface area contributed by atoms with Crippen LogP contribution < -0.4 is 10.9 Å². The highest BCUT2D eigenvalue weighted by Crippen LogP contribution is 2.23. The number of benzene rings is 1. The van der Waals surface area contributed by atoms with Gasteiger partial charge in [-0.3, -0.25) is 14.2 Å². The normalized spacial score (nSPS) is 15.1. The molecule has 1 amide bonds. The van der Waals surface area contributed by atoms with E-state index >= 15 is 0 Å². The molecule has 2 aromatic rings. The number of amides is 1. The van der Waals surface area contributed by atoms with E-state index in [1.54, 1.807) is 24.3 Å². The van der Waals surface area contributed by atoms with E-state index in [9.17, 15) is 14.7 Å². The van der Waals surface area contributed by atoms with E-state index < -0.39 is 17.2 Å². The summed E-state index contributed by atoms with van der Waals surface area (Å²) >= 11 is 4.22. The summed E-state index contributed by atoms with van der Waals surface area (Å²) in [5.41, 5.74) is -0.471. The lowest BCUT2D eigenvalue weighted by molar-refractivity contribution is 0.0934. The number of rotatable bonds is 4. The Balaban J connectivity index is 1.83. The number of nitrogens with one attached hydrogen (secondary N) is 1. The molecule has 132 valence electrons. The Morgan fingerprint density at radius 1 is 1.24 bits per heavy atom. The van der Waals surface area contributed by atoms with Crippen LogP contribution >= 0.6 is 12.6 Å². The number of nitrogens with zero attached hydrogens (tertiary/aromatic N) is 2. The standard InChI is InChI=1S/C18H21N3O3S/c22-15-14(16(23)19-11-12-7-3-1-4-8-12)20-18(25)21(17(15)24)13-9-5-2-6-10-13/h2,5-6,9-10,12,22H,1,3-4,7-8,11H2,(H,19,23)(H,20,25). The van der Waals surface area contributed by atoms with Crippen molar-refractivity contribution >= 4 is 18.5 Å². The van der Waals surface area contributed by atoms with E-state index in [2.05, 4.69) is 22.9 Å². The largest absolute Gasteiger partial charge is 0.501 e. The van der Waals surface area contributed by atoms with E-state index in [-0.39, 0.29) is 10.9 Å². The lowest BCUT2D eigenvalue weighted by Crippen LogP contribution is -2.33. The highest BCUT2D eigenvalue weighted by atomic mass is 32.1. The Morgan fingerprint density at radius 2 is 1.92 bits per heavy atom. The average Bonchev–Trinajstić information content (AvgIpc) is 2.64. The Bertz CT molecular complexity index is 814. The summed E-state index contributed by atoms with van der Waals surface area (Å²) in [6.45, 7) is 0.531. The van der Waals surface area contributed by atoms with Gasteiger partial charge in [0, 0.05) is 6.54 Å². The molecule has 1 aliphatic carbocycles. The van der Waals surface area contributed by atoms with Crippen molar-refractivity contribution in [2.45, 2.75) is 37.3 Å². The summed E-state index contributed by atoms with van der Waals surface area (Å²) in [7, 11) is 0. The number of hydrogen-bond donors (Lipinski definition) is 3. The second-order valence-corrected chi connectivity index (χ2v) is 6.70. The number of aromatic hydroxyl groups is 1. The molecule has 1 fully saturated rings. The van der Waals surface area contributed by atoms with Gasteiger partial charge in [0.05, 0.1) is 5.69 Å². The maximum absolute atomic E-state index is 12.5. The van der Waals surface area contributed by atoms with Crippen LogP contribution in [0.15, 0.2) is 40.3 Å². The molecule has 0 atom stereocenters. The van der Waals surface area contributed by atoms with E-state index in [0.717, 1.165) is 17.4 Å². The van der Waals surface area contributed by atoms with Gasteiger partial charge >= 0.3 is 5.56 Å². The van der Waals surface area contributed by atoms with Crippen LogP contribution in [0.3, 0.4) is 0 Å². The van der Waals surface area contributed by atoms with Crippen LogP contribution in [0.4, 0.5) is 0 Å². The Morgan fingerprint density at radius 3 is 2.60 bits per heavy atom. The molecule has 0 spiro atoms. The Kier molecular flexibility index (Phi) is 5.43. The van der Waals surface area contributed by atoms with Crippen molar-refractivity contribution in [3.63, 3.8) is 0 Å². The van der Waals surface area contributed by atoms with Gasteiger partial charge in [0.1, 0.15) is 0 Å². The molecular weight excluding hydrogens is 338 g/mol. The van der Waals surface area contributed by atoms with Crippen LogP contribution in [0.25, 0.3) is 5.69 Å². The molecule has 0 unspecified atom stereocenters. The van der Waals surface area contributed by atoms with Gasteiger partial charge in [0.2, 0.25) is 5.75 Å². The van der Waals surface area contributed by atoms with E-state index in [1.165, 1.54) is 19.3 Å². The minimum atomic E-state index is -0.714. The summed E-state index contributed by atoms with van der Waals surface area (Å²) in [4.78, 5) is 28.8. The molecule has 0 saturated heterocycles. The second kappa shape index (κ2) is 7.74. The molecule has 6 nitrogen and oxygen atoms in total. The first-order chi connectivity index (χ1) is 12.1. The van der Waals surface area contributed by atoms with Crippen LogP contribution in [0.1, 0.15) is 42.6 Å². The summed E-state index contributed by atoms with van der Waals surface area (Å²) < 4.78 is 1.16. The molecule has 1 saturated carbocycles. The molecular formula is C18H21N3O3S. The summed E-state index contributed by atoms with van der Waals surface area (Å²) in [6, 6.07) is 8.73. The fourth-order valence-corrected chi connectivity index (χ4v) is 3.49. The predicted molar refractivity (Wildman–Crippen MR) is 97.7 cm³/mol. The molecule has 7 heteroatoms. The SMILES string of the molecule is O=C(NCC1CCCCC1)c1nc(S)n(-c2ccccc2)c(=O)c1O. The van der Waals surface area contributed by atoms with Crippen molar-refractivity contribution < 1.29 is 9.90 Å². The third-order valence-corrected chi connectivity index (χ3v) is 4.85. The molecule has 1 aromatic carbocycles. The van der Waals surface area contributed by atoms with Gasteiger partial charge in [-0.25, -0.2) is 4.98 Å². The second-order valence-electron chi connectivity index (χ2n) is 6.30. The zero-order chi connectivity index (χ0) is 17.8. The van der Waals surface area contributed by atoms with Crippen molar-refractivity contribution in [3.8, 4) is 11.4 Å². The van der Waals surface area contributed by atoms with Crippen LogP contribution in [-0.2, 0) is 0 Å². The van der Waals surface area contributed by atoms with Crippen molar-refractivity contribution in [1.82, 2.24) is 14.9 Å². The van der Waals surface area contributed by atoms with Gasteiger partial charge in [-0.05, 0) is 30.9 Å². The number of aromatic nitrogens is 2. The lowest BCUT2D eigenvalue weighted by Gasteiger charge is -2.21. The number of carbonyl (C=O) groups is 1. The molecule has 2 N–H and O–H groups in total. The molecule has 0 aliphatic heterocycles. The fraction of sp³-hybridized carbons (Fsp3) is 0.389. The number of hydrogen-bond acceptors (Lipinski definition) is 5. The monoisotopic (exact) mass is 359 g/mol. The van der Waals surface area contributed by atoms with Gasteiger partial charge in [0.15, 0.2) is 10.9 Å². The van der Waals surface area contributed by atoms with E-state index in [0.29, 0.717) is 18.2 Å². The molecule has 1 aromatic heterocycles. The summed E-state index contributed by atoms with van der Waals surface area (Å²) in [6.07, 6.45) is 5.78.